The van der Waals surface area contributed by atoms with Crippen molar-refractivity contribution >= 4 is 41.3 Å². The van der Waals surface area contributed by atoms with Crippen molar-refractivity contribution in [1.82, 2.24) is 19.7 Å². The van der Waals surface area contributed by atoms with Gasteiger partial charge in [0.1, 0.15) is 5.70 Å². The van der Waals surface area contributed by atoms with Crippen molar-refractivity contribution in [2.45, 2.75) is 42.9 Å². The third kappa shape index (κ3) is 2.52. The number of nitrogens with zero attached hydrogens (tertiary/aromatic N) is 4. The first-order valence-corrected chi connectivity index (χ1v) is 10.1. The van der Waals surface area contributed by atoms with E-state index in [1.807, 2.05) is 6.92 Å². The number of aliphatic hydroxyl groups excluding tert-OH is 1. The number of amides is 1. The van der Waals surface area contributed by atoms with Gasteiger partial charge in [-0.15, -0.1) is 16.9 Å². The first-order valence-electron chi connectivity index (χ1n) is 8.28. The maximum absolute atomic E-state index is 12.4. The van der Waals surface area contributed by atoms with Crippen LogP contribution < -0.4 is 5.73 Å². The summed E-state index contributed by atoms with van der Waals surface area (Å²) in [5.41, 5.74) is 5.70. The van der Waals surface area contributed by atoms with Crippen LogP contribution in [0, 0.1) is 11.8 Å². The molecule has 4 N–H and O–H groups in total. The molecule has 4 heterocycles. The molecule has 3 aliphatic rings. The van der Waals surface area contributed by atoms with E-state index in [-0.39, 0.29) is 34.8 Å². The van der Waals surface area contributed by atoms with Crippen LogP contribution in [0.3, 0.4) is 0 Å². The molecule has 0 unspecified atom stereocenters. The molecular formula is C15H19N5O4S2. The minimum absolute atomic E-state index is 0.0586. The van der Waals surface area contributed by atoms with Crippen LogP contribution >= 0.6 is 23.5 Å². The summed E-state index contributed by atoms with van der Waals surface area (Å²) in [4.78, 5) is 30.4. The van der Waals surface area contributed by atoms with E-state index in [9.17, 15) is 19.8 Å². The summed E-state index contributed by atoms with van der Waals surface area (Å²) >= 11 is 3.01. The highest BCUT2D eigenvalue weighted by Crippen LogP contribution is 2.52. The molecule has 0 spiro atoms. The second-order valence-electron chi connectivity index (χ2n) is 6.76. The number of aromatic nitrogens is 3. The fourth-order valence-corrected chi connectivity index (χ4v) is 6.48. The van der Waals surface area contributed by atoms with Crippen molar-refractivity contribution in [2.75, 3.05) is 11.5 Å². The molecule has 1 fully saturated rings. The average Bonchev–Trinajstić information content (AvgIpc) is 3.03. The molecular weight excluding hydrogens is 378 g/mol. The zero-order valence-corrected chi connectivity index (χ0v) is 15.8. The number of β-lactam (4-membered cyclic amide) rings is 1. The summed E-state index contributed by atoms with van der Waals surface area (Å²) in [6, 6.07) is -0.287. The van der Waals surface area contributed by atoms with Gasteiger partial charge in [0.2, 0.25) is 11.9 Å². The van der Waals surface area contributed by atoms with Crippen molar-refractivity contribution < 1.29 is 19.8 Å². The van der Waals surface area contributed by atoms with Crippen molar-refractivity contribution in [3.05, 3.63) is 10.6 Å². The molecule has 140 valence electrons. The van der Waals surface area contributed by atoms with Gasteiger partial charge < -0.3 is 20.8 Å². The summed E-state index contributed by atoms with van der Waals surface area (Å²) in [5.74, 6) is -1.10. The van der Waals surface area contributed by atoms with Gasteiger partial charge in [0.15, 0.2) is 5.16 Å². The van der Waals surface area contributed by atoms with Gasteiger partial charge in [-0.05, 0) is 6.92 Å². The molecule has 0 bridgehead atoms. The Morgan fingerprint density at radius 1 is 1.50 bits per heavy atom. The number of fused-ring (bicyclic) bond motifs is 2. The predicted molar refractivity (Wildman–Crippen MR) is 96.2 cm³/mol. The number of carbonyl (C=O) groups is 2. The van der Waals surface area contributed by atoms with Crippen molar-refractivity contribution in [2.24, 2.45) is 11.8 Å². The number of anilines is 1. The van der Waals surface area contributed by atoms with E-state index in [0.29, 0.717) is 11.4 Å². The Bertz CT molecular complexity index is 823. The van der Waals surface area contributed by atoms with Crippen LogP contribution in [0.2, 0.25) is 0 Å². The van der Waals surface area contributed by atoms with Crippen LogP contribution in [-0.2, 0) is 16.1 Å². The minimum atomic E-state index is -1.10. The highest BCUT2D eigenvalue weighted by molar-refractivity contribution is 8.05. The lowest BCUT2D eigenvalue weighted by Gasteiger charge is -2.46. The highest BCUT2D eigenvalue weighted by Gasteiger charge is 2.60. The van der Waals surface area contributed by atoms with E-state index >= 15 is 0 Å². The van der Waals surface area contributed by atoms with Crippen LogP contribution in [0.5, 0.6) is 0 Å². The van der Waals surface area contributed by atoms with Crippen LogP contribution in [-0.4, -0.2) is 64.9 Å². The minimum Gasteiger partial charge on any atom is -0.477 e. The summed E-state index contributed by atoms with van der Waals surface area (Å²) in [6.45, 7) is 4.08. The van der Waals surface area contributed by atoms with Gasteiger partial charge in [-0.2, -0.15) is 4.98 Å². The summed E-state index contributed by atoms with van der Waals surface area (Å²) in [6.07, 6.45) is -0.795. The van der Waals surface area contributed by atoms with Crippen LogP contribution in [0.4, 0.5) is 5.95 Å². The number of carboxylic acids is 1. The number of nitrogen functional groups attached to an aromatic ring is 1. The van der Waals surface area contributed by atoms with Gasteiger partial charge in [-0.25, -0.2) is 9.48 Å². The van der Waals surface area contributed by atoms with Crippen LogP contribution in [0.15, 0.2) is 15.8 Å². The van der Waals surface area contributed by atoms with Gasteiger partial charge in [-0.1, -0.05) is 18.7 Å². The largest absolute Gasteiger partial charge is 0.477 e. The first-order chi connectivity index (χ1) is 12.3. The molecule has 1 aromatic heterocycles. The van der Waals surface area contributed by atoms with E-state index < -0.39 is 18.0 Å². The fourth-order valence-electron chi connectivity index (χ4n) is 3.91. The molecule has 1 aromatic rings. The number of nitrogens with two attached hydrogens (primary N) is 1. The normalized spacial score (nSPS) is 31.5. The Morgan fingerprint density at radius 3 is 2.88 bits per heavy atom. The smallest absolute Gasteiger partial charge is 0.353 e. The average molecular weight is 397 g/mol. The second-order valence-corrected chi connectivity index (χ2v) is 9.09. The number of carboxylic acid groups (broad SMARTS) is 1. The number of carbonyl (C=O) groups excluding carboxylic acids is 1. The lowest BCUT2D eigenvalue weighted by atomic mass is 9.79. The Morgan fingerprint density at radius 2 is 2.23 bits per heavy atom. The van der Waals surface area contributed by atoms with E-state index in [1.54, 1.807) is 11.6 Å². The van der Waals surface area contributed by atoms with Gasteiger partial charge in [0, 0.05) is 21.8 Å². The predicted octanol–water partition coefficient (Wildman–Crippen LogP) is 0.222. The van der Waals surface area contributed by atoms with Crippen LogP contribution in [0.25, 0.3) is 0 Å². The monoisotopic (exact) mass is 397 g/mol. The first kappa shape index (κ1) is 17.7. The molecule has 0 aromatic carbocycles. The molecule has 26 heavy (non-hydrogen) atoms. The molecule has 3 aliphatic heterocycles. The maximum Gasteiger partial charge on any atom is 0.353 e. The lowest BCUT2D eigenvalue weighted by Crippen LogP contribution is -2.63. The van der Waals surface area contributed by atoms with E-state index in [1.165, 1.54) is 28.4 Å². The van der Waals surface area contributed by atoms with Crippen molar-refractivity contribution in [3.8, 4) is 0 Å². The summed E-state index contributed by atoms with van der Waals surface area (Å²) in [7, 11) is 0. The van der Waals surface area contributed by atoms with E-state index in [2.05, 4.69) is 10.1 Å². The lowest BCUT2D eigenvalue weighted by molar-refractivity contribution is -0.163. The van der Waals surface area contributed by atoms with Crippen molar-refractivity contribution in [1.29, 1.82) is 0 Å². The van der Waals surface area contributed by atoms with Gasteiger partial charge >= 0.3 is 5.97 Å². The molecule has 0 aliphatic carbocycles. The number of rotatable bonds is 4. The third-order valence-corrected chi connectivity index (χ3v) is 7.84. The zero-order chi connectivity index (χ0) is 18.7. The molecule has 0 radical (unpaired) electrons. The number of hydrogen-bond acceptors (Lipinski definition) is 8. The molecule has 1 amide bonds. The maximum atomic E-state index is 12.4. The SMILES string of the molecule is C[C@@H](O)[C@H]1C(=O)N2C(C(=O)O)=C(S[C@@H]3CSc4nc(N)nn4C3)[C@H](C)[C@H]12. The summed E-state index contributed by atoms with van der Waals surface area (Å²) in [5, 5.41) is 24.6. The fraction of sp³-hybridized carbons (Fsp3) is 0.600. The van der Waals surface area contributed by atoms with Crippen molar-refractivity contribution in [3.63, 3.8) is 0 Å². The van der Waals surface area contributed by atoms with E-state index in [0.717, 1.165) is 10.9 Å². The Kier molecular flexibility index (Phi) is 4.20. The van der Waals surface area contributed by atoms with Crippen LogP contribution in [0.1, 0.15) is 13.8 Å². The molecule has 4 rings (SSSR count). The number of aliphatic carboxylic acids is 1. The molecule has 0 saturated carbocycles. The number of aliphatic hydroxyl groups is 1. The summed E-state index contributed by atoms with van der Waals surface area (Å²) < 4.78 is 1.74. The van der Waals surface area contributed by atoms with Gasteiger partial charge in [-0.3, -0.25) is 4.79 Å². The Balaban J connectivity index is 1.59. The van der Waals surface area contributed by atoms with E-state index in [4.69, 9.17) is 5.73 Å². The standard InChI is InChI=1S/C15H19N5O4S2/c1-5-9-8(6(2)21)12(22)20(9)10(13(23)24)11(5)26-7-3-19-15(25-4-7)17-14(16)18-19/h5-9,21H,3-4H2,1-2H3,(H2,16,18)(H,23,24)/t5-,6-,7+,8-,9-/m1/s1. The quantitative estimate of drug-likeness (QED) is 0.610. The molecule has 9 nitrogen and oxygen atoms in total. The third-order valence-electron chi connectivity index (χ3n) is 5.03. The Hall–Kier alpha value is -1.72. The topological polar surface area (TPSA) is 135 Å². The second kappa shape index (κ2) is 6.17. The van der Waals surface area contributed by atoms with Gasteiger partial charge in [0.05, 0.1) is 24.6 Å². The number of thioether (sulfide) groups is 2. The molecule has 11 heteroatoms. The highest BCUT2D eigenvalue weighted by atomic mass is 32.2. The number of hydrogen-bond donors (Lipinski definition) is 3. The molecule has 1 saturated heterocycles. The Labute approximate surface area is 158 Å². The zero-order valence-electron chi connectivity index (χ0n) is 14.2. The van der Waals surface area contributed by atoms with Gasteiger partial charge in [0.25, 0.3) is 0 Å². The molecule has 5 atom stereocenters.